The van der Waals surface area contributed by atoms with E-state index in [0.29, 0.717) is 5.56 Å². The standard InChI is InChI=1S/C7H6BrFO3S.H3N/c1-4-2-5(8)7(10)6(3-4)13(9,11)12;/h2-3,10H,1H3;1H3. The zero-order valence-electron chi connectivity index (χ0n) is 7.54. The lowest BCUT2D eigenvalue weighted by Gasteiger charge is -2.13. The van der Waals surface area contributed by atoms with Crippen LogP contribution < -0.4 is 11.3 Å². The molecule has 0 unspecified atom stereocenters. The molecule has 0 amide bonds. The molecule has 0 saturated heterocycles. The fraction of sp³-hybridized carbons (Fsp3) is 0.143. The molecule has 1 rings (SSSR count). The number of hydrogen-bond donors (Lipinski definition) is 1. The second kappa shape index (κ2) is 4.24. The first-order valence-corrected chi connectivity index (χ1v) is 5.42. The van der Waals surface area contributed by atoms with Crippen LogP contribution in [0.1, 0.15) is 5.56 Å². The highest BCUT2D eigenvalue weighted by Crippen LogP contribution is 2.30. The van der Waals surface area contributed by atoms with E-state index in [1.165, 1.54) is 6.07 Å². The summed E-state index contributed by atoms with van der Waals surface area (Å²) in [4.78, 5) is -0.820. The number of aryl methyl sites for hydroxylation is 1. The number of benzene rings is 1. The van der Waals surface area contributed by atoms with Gasteiger partial charge in [-0.2, -0.15) is 8.42 Å². The van der Waals surface area contributed by atoms with Gasteiger partial charge >= 0.3 is 10.2 Å². The molecule has 1 aromatic rings. The summed E-state index contributed by atoms with van der Waals surface area (Å²) in [6.45, 7) is 1.57. The van der Waals surface area contributed by atoms with Gasteiger partial charge in [0, 0.05) is 4.47 Å². The van der Waals surface area contributed by atoms with Crippen LogP contribution in [0.15, 0.2) is 21.5 Å². The molecule has 0 atom stereocenters. The van der Waals surface area contributed by atoms with Gasteiger partial charge in [0.2, 0.25) is 0 Å². The minimum absolute atomic E-state index is 0. The van der Waals surface area contributed by atoms with Crippen molar-refractivity contribution in [3.63, 3.8) is 0 Å². The van der Waals surface area contributed by atoms with Crippen LogP contribution in [0.4, 0.5) is 3.89 Å². The van der Waals surface area contributed by atoms with E-state index in [0.717, 1.165) is 6.07 Å². The summed E-state index contributed by atoms with van der Waals surface area (Å²) < 4.78 is 33.5. The van der Waals surface area contributed by atoms with E-state index in [-0.39, 0.29) is 10.6 Å². The lowest BCUT2D eigenvalue weighted by Crippen LogP contribution is -2.02. The first-order valence-electron chi connectivity index (χ1n) is 3.24. The van der Waals surface area contributed by atoms with E-state index in [1.807, 2.05) is 0 Å². The van der Waals surface area contributed by atoms with Crippen molar-refractivity contribution in [2.45, 2.75) is 11.8 Å². The molecule has 0 saturated carbocycles. The zero-order valence-corrected chi connectivity index (χ0v) is 9.95. The van der Waals surface area contributed by atoms with Crippen molar-refractivity contribution in [3.05, 3.63) is 22.2 Å². The van der Waals surface area contributed by atoms with Crippen molar-refractivity contribution in [1.82, 2.24) is 6.15 Å². The number of halogens is 2. The van der Waals surface area contributed by atoms with Gasteiger partial charge in [-0.05, 0) is 24.6 Å². The van der Waals surface area contributed by atoms with Gasteiger partial charge in [-0.15, -0.1) is 3.89 Å². The second-order valence-electron chi connectivity index (χ2n) is 2.51. The number of quaternary nitrogens is 1. The van der Waals surface area contributed by atoms with E-state index in [4.69, 9.17) is 0 Å². The SMILES string of the molecule is Cc1cc(Br)c([O-])c(S(=O)(=O)F)c1.[NH4+]. The van der Waals surface area contributed by atoms with Crippen LogP contribution in [0.2, 0.25) is 0 Å². The Balaban J connectivity index is 0.00000169. The van der Waals surface area contributed by atoms with Gasteiger partial charge in [-0.1, -0.05) is 21.7 Å². The highest BCUT2D eigenvalue weighted by atomic mass is 79.9. The molecule has 0 spiro atoms. The molecule has 0 fully saturated rings. The lowest BCUT2D eigenvalue weighted by molar-refractivity contribution is -0.273. The Morgan fingerprint density at radius 1 is 1.43 bits per heavy atom. The molecule has 0 aliphatic carbocycles. The van der Waals surface area contributed by atoms with Gasteiger partial charge in [-0.3, -0.25) is 0 Å². The summed E-state index contributed by atoms with van der Waals surface area (Å²) in [6, 6.07) is 2.43. The molecule has 80 valence electrons. The molecule has 4 N–H and O–H groups in total. The Kier molecular flexibility index (Phi) is 4.04. The molecule has 7 heteroatoms. The Labute approximate surface area is 89.7 Å². The van der Waals surface area contributed by atoms with Crippen molar-refractivity contribution in [3.8, 4) is 5.75 Å². The van der Waals surface area contributed by atoms with Crippen LogP contribution >= 0.6 is 15.9 Å². The van der Waals surface area contributed by atoms with Gasteiger partial charge in [-0.25, -0.2) is 0 Å². The highest BCUT2D eigenvalue weighted by molar-refractivity contribution is 9.10. The monoisotopic (exact) mass is 285 g/mol. The third kappa shape index (κ3) is 2.66. The van der Waals surface area contributed by atoms with Crippen LogP contribution in [0.5, 0.6) is 5.75 Å². The molecule has 0 radical (unpaired) electrons. The summed E-state index contributed by atoms with van der Waals surface area (Å²) >= 11 is 2.85. The van der Waals surface area contributed by atoms with Crippen LogP contribution in [0, 0.1) is 6.92 Å². The largest absolute Gasteiger partial charge is 0.871 e. The summed E-state index contributed by atoms with van der Waals surface area (Å²) in [5.41, 5.74) is 0.503. The maximum absolute atomic E-state index is 12.5. The van der Waals surface area contributed by atoms with E-state index >= 15 is 0 Å². The normalized spacial score (nSPS) is 10.8. The van der Waals surface area contributed by atoms with Crippen molar-refractivity contribution >= 4 is 26.2 Å². The van der Waals surface area contributed by atoms with Crippen molar-refractivity contribution in [2.75, 3.05) is 0 Å². The molecule has 0 aromatic heterocycles. The summed E-state index contributed by atoms with van der Waals surface area (Å²) in [6.07, 6.45) is 0. The molecule has 0 aliphatic rings. The molecule has 1 aromatic carbocycles. The van der Waals surface area contributed by atoms with Crippen LogP contribution in [-0.2, 0) is 10.2 Å². The Bertz CT molecular complexity index is 446. The Morgan fingerprint density at radius 3 is 2.36 bits per heavy atom. The van der Waals surface area contributed by atoms with Crippen molar-refractivity contribution < 1.29 is 17.4 Å². The molecule has 0 bridgehead atoms. The summed E-state index contributed by atoms with van der Waals surface area (Å²) in [5, 5.41) is 11.1. The summed E-state index contributed by atoms with van der Waals surface area (Å²) in [7, 11) is -4.92. The van der Waals surface area contributed by atoms with Crippen molar-refractivity contribution in [1.29, 1.82) is 0 Å². The Morgan fingerprint density at radius 2 is 1.93 bits per heavy atom. The Hall–Kier alpha value is -0.660. The van der Waals surface area contributed by atoms with E-state index in [1.54, 1.807) is 6.92 Å². The molecular weight excluding hydrogens is 277 g/mol. The predicted octanol–water partition coefficient (Wildman–Crippen LogP) is 1.87. The number of hydrogen-bond acceptors (Lipinski definition) is 3. The zero-order chi connectivity index (χ0) is 10.2. The smallest absolute Gasteiger partial charge is 0.331 e. The summed E-state index contributed by atoms with van der Waals surface area (Å²) in [5.74, 6) is -0.854. The fourth-order valence-corrected chi connectivity index (χ4v) is 2.24. The van der Waals surface area contributed by atoms with E-state index in [2.05, 4.69) is 15.9 Å². The quantitative estimate of drug-likeness (QED) is 0.798. The average Bonchev–Trinajstić information content (AvgIpc) is 1.94. The van der Waals surface area contributed by atoms with Crippen LogP contribution in [-0.4, -0.2) is 8.42 Å². The molecule has 0 aliphatic heterocycles. The average molecular weight is 286 g/mol. The first kappa shape index (κ1) is 13.3. The highest BCUT2D eigenvalue weighted by Gasteiger charge is 2.14. The third-order valence-corrected chi connectivity index (χ3v) is 2.83. The topological polar surface area (TPSA) is 93.7 Å². The van der Waals surface area contributed by atoms with Gasteiger partial charge in [0.15, 0.2) is 0 Å². The third-order valence-electron chi connectivity index (χ3n) is 1.42. The van der Waals surface area contributed by atoms with E-state index < -0.39 is 20.9 Å². The van der Waals surface area contributed by atoms with Gasteiger partial charge < -0.3 is 11.3 Å². The first-order chi connectivity index (χ1) is 5.82. The molecule has 14 heavy (non-hydrogen) atoms. The van der Waals surface area contributed by atoms with Gasteiger partial charge in [0.25, 0.3) is 0 Å². The molecule has 0 heterocycles. The second-order valence-corrected chi connectivity index (χ2v) is 4.68. The van der Waals surface area contributed by atoms with Crippen molar-refractivity contribution in [2.24, 2.45) is 0 Å². The van der Waals surface area contributed by atoms with Crippen LogP contribution in [0.25, 0.3) is 0 Å². The van der Waals surface area contributed by atoms with E-state index in [9.17, 15) is 17.4 Å². The van der Waals surface area contributed by atoms with Gasteiger partial charge in [0.05, 0.1) is 4.90 Å². The molecule has 4 nitrogen and oxygen atoms in total. The number of rotatable bonds is 1. The lowest BCUT2D eigenvalue weighted by atomic mass is 10.2. The predicted molar refractivity (Wildman–Crippen MR) is 52.6 cm³/mol. The fourth-order valence-electron chi connectivity index (χ4n) is 0.878. The maximum Gasteiger partial charge on any atom is 0.331 e. The molecular formula is C7H9BrFNO3S. The minimum Gasteiger partial charge on any atom is -0.871 e. The minimum atomic E-state index is -4.92. The maximum atomic E-state index is 12.5. The van der Waals surface area contributed by atoms with Gasteiger partial charge in [0.1, 0.15) is 0 Å². The van der Waals surface area contributed by atoms with Crippen LogP contribution in [0.3, 0.4) is 0 Å².